The zero-order valence-electron chi connectivity index (χ0n) is 17.8. The average Bonchev–Trinajstić information content (AvgIpc) is 3.26. The molecule has 30 heavy (non-hydrogen) atoms. The lowest BCUT2D eigenvalue weighted by atomic mass is 9.92. The number of hydrogen-bond acceptors (Lipinski definition) is 7. The molecule has 0 spiro atoms. The number of aromatic nitrogens is 4. The van der Waals surface area contributed by atoms with Gasteiger partial charge in [0.15, 0.2) is 5.82 Å². The molecule has 0 fully saturated rings. The van der Waals surface area contributed by atoms with Gasteiger partial charge in [-0.1, -0.05) is 20.8 Å². The van der Waals surface area contributed by atoms with Gasteiger partial charge < -0.3 is 11.1 Å². The number of aryl methyl sites for hydroxylation is 1. The molecule has 1 amide bonds. The molecule has 1 aliphatic rings. The normalized spacial score (nSPS) is 14.5. The summed E-state index contributed by atoms with van der Waals surface area (Å²) < 4.78 is 1.83. The zero-order chi connectivity index (χ0) is 21.5. The second-order valence-corrected chi connectivity index (χ2v) is 9.67. The van der Waals surface area contributed by atoms with Gasteiger partial charge in [0.1, 0.15) is 0 Å². The maximum atomic E-state index is 12.9. The van der Waals surface area contributed by atoms with Gasteiger partial charge in [0.25, 0.3) is 5.91 Å². The van der Waals surface area contributed by atoms with Crippen molar-refractivity contribution in [1.29, 1.82) is 0 Å². The smallest absolute Gasteiger partial charge is 0.257 e. The Morgan fingerprint density at radius 3 is 2.70 bits per heavy atom. The lowest BCUT2D eigenvalue weighted by molar-refractivity contribution is 0.102. The molecule has 9 heteroatoms. The molecule has 3 N–H and O–H groups in total. The van der Waals surface area contributed by atoms with Crippen LogP contribution in [0, 0.1) is 0 Å². The van der Waals surface area contributed by atoms with Crippen molar-refractivity contribution in [2.75, 3.05) is 17.6 Å². The topological polar surface area (TPSA) is 102 Å². The van der Waals surface area contributed by atoms with Crippen LogP contribution in [0.15, 0.2) is 23.8 Å². The zero-order valence-corrected chi connectivity index (χ0v) is 18.6. The highest BCUT2D eigenvalue weighted by atomic mass is 32.1. The molecule has 8 nitrogen and oxygen atoms in total. The van der Waals surface area contributed by atoms with E-state index < -0.39 is 0 Å². The van der Waals surface area contributed by atoms with Crippen molar-refractivity contribution in [3.8, 4) is 0 Å². The van der Waals surface area contributed by atoms with Gasteiger partial charge in [0.05, 0.1) is 5.56 Å². The first-order chi connectivity index (χ1) is 14.2. The van der Waals surface area contributed by atoms with Gasteiger partial charge in [-0.3, -0.25) is 14.4 Å². The molecular weight excluding hydrogens is 398 g/mol. The molecular formula is C21H27N7OS. The molecule has 158 valence electrons. The summed E-state index contributed by atoms with van der Waals surface area (Å²) in [7, 11) is 1.91. The number of rotatable bonds is 4. The van der Waals surface area contributed by atoms with Crippen LogP contribution in [0.3, 0.4) is 0 Å². The van der Waals surface area contributed by atoms with Gasteiger partial charge in [0.2, 0.25) is 5.95 Å². The Balaban J connectivity index is 1.45. The highest BCUT2D eigenvalue weighted by Crippen LogP contribution is 2.30. The second-order valence-electron chi connectivity index (χ2n) is 8.70. The highest BCUT2D eigenvalue weighted by molar-refractivity contribution is 7.10. The van der Waals surface area contributed by atoms with Crippen molar-refractivity contribution in [2.45, 2.75) is 45.7 Å². The van der Waals surface area contributed by atoms with Crippen molar-refractivity contribution in [3.05, 3.63) is 51.1 Å². The first-order valence-corrected chi connectivity index (χ1v) is 10.8. The minimum Gasteiger partial charge on any atom is -0.368 e. The predicted molar refractivity (Wildman–Crippen MR) is 118 cm³/mol. The number of anilines is 2. The summed E-state index contributed by atoms with van der Waals surface area (Å²) in [5.74, 6) is 0.788. The highest BCUT2D eigenvalue weighted by Gasteiger charge is 2.25. The van der Waals surface area contributed by atoms with Crippen molar-refractivity contribution in [2.24, 2.45) is 7.05 Å². The summed E-state index contributed by atoms with van der Waals surface area (Å²) >= 11 is 1.64. The Morgan fingerprint density at radius 2 is 2.03 bits per heavy atom. The molecule has 4 heterocycles. The molecule has 1 aliphatic heterocycles. The maximum absolute atomic E-state index is 12.9. The molecule has 0 bridgehead atoms. The van der Waals surface area contributed by atoms with Gasteiger partial charge in [-0.05, 0) is 12.0 Å². The molecule has 0 aliphatic carbocycles. The van der Waals surface area contributed by atoms with E-state index >= 15 is 0 Å². The molecule has 0 radical (unpaired) electrons. The summed E-state index contributed by atoms with van der Waals surface area (Å²) in [4.78, 5) is 24.6. The van der Waals surface area contributed by atoms with Crippen LogP contribution >= 0.6 is 11.3 Å². The summed E-state index contributed by atoms with van der Waals surface area (Å²) in [6.45, 7) is 8.86. The van der Waals surface area contributed by atoms with Crippen LogP contribution in [0.25, 0.3) is 0 Å². The van der Waals surface area contributed by atoms with Crippen LogP contribution in [-0.2, 0) is 32.0 Å². The van der Waals surface area contributed by atoms with Crippen LogP contribution in [0.1, 0.15) is 52.8 Å². The van der Waals surface area contributed by atoms with Crippen molar-refractivity contribution in [3.63, 3.8) is 0 Å². The van der Waals surface area contributed by atoms with Gasteiger partial charge in [-0.25, -0.2) is 9.97 Å². The summed E-state index contributed by atoms with van der Waals surface area (Å²) in [5.41, 5.74) is 9.54. The largest absolute Gasteiger partial charge is 0.368 e. The predicted octanol–water partition coefficient (Wildman–Crippen LogP) is 2.96. The van der Waals surface area contributed by atoms with E-state index in [0.29, 0.717) is 5.82 Å². The lowest BCUT2D eigenvalue weighted by Crippen LogP contribution is -2.30. The first kappa shape index (κ1) is 20.5. The number of nitrogens with one attached hydrogen (secondary N) is 1. The van der Waals surface area contributed by atoms with Crippen LogP contribution in [-0.4, -0.2) is 37.1 Å². The van der Waals surface area contributed by atoms with Crippen molar-refractivity contribution in [1.82, 2.24) is 24.6 Å². The van der Waals surface area contributed by atoms with Gasteiger partial charge in [-0.2, -0.15) is 5.10 Å². The Kier molecular flexibility index (Phi) is 5.33. The molecule has 0 unspecified atom stereocenters. The lowest BCUT2D eigenvalue weighted by Gasteiger charge is -2.27. The van der Waals surface area contributed by atoms with E-state index in [1.807, 2.05) is 23.2 Å². The maximum Gasteiger partial charge on any atom is 0.257 e. The van der Waals surface area contributed by atoms with Gasteiger partial charge >= 0.3 is 0 Å². The van der Waals surface area contributed by atoms with Crippen LogP contribution in [0.5, 0.6) is 0 Å². The minimum absolute atomic E-state index is 0.0365. The SMILES string of the molecule is Cn1nc(NC(=O)c2csc3c2CCN(Cc2cnc(N)nc2)C3)cc1C(C)(C)C. The number of fused-ring (bicyclic) bond motifs is 1. The summed E-state index contributed by atoms with van der Waals surface area (Å²) in [6, 6.07) is 1.95. The molecule has 3 aromatic heterocycles. The Morgan fingerprint density at radius 1 is 1.30 bits per heavy atom. The average molecular weight is 426 g/mol. The Hall–Kier alpha value is -2.78. The molecule has 0 atom stereocenters. The molecule has 0 saturated carbocycles. The number of carbonyl (C=O) groups excluding carboxylic acids is 1. The third kappa shape index (κ3) is 4.22. The fourth-order valence-corrected chi connectivity index (χ4v) is 4.95. The van der Waals surface area contributed by atoms with Crippen LogP contribution in [0.4, 0.5) is 11.8 Å². The molecule has 3 aromatic rings. The number of hydrogen-bond donors (Lipinski definition) is 2. The van der Waals surface area contributed by atoms with Crippen molar-refractivity contribution < 1.29 is 4.79 Å². The third-order valence-corrected chi connectivity index (χ3v) is 6.31. The van der Waals surface area contributed by atoms with E-state index in [4.69, 9.17) is 5.73 Å². The fourth-order valence-electron chi connectivity index (χ4n) is 3.83. The summed E-state index contributed by atoms with van der Waals surface area (Å²) in [6.07, 6.45) is 4.38. The van der Waals surface area contributed by atoms with E-state index in [2.05, 4.69) is 46.1 Å². The number of thiophene rings is 1. The Labute approximate surface area is 180 Å². The first-order valence-electron chi connectivity index (χ1n) is 9.94. The van der Waals surface area contributed by atoms with Gasteiger partial charge in [-0.15, -0.1) is 11.3 Å². The van der Waals surface area contributed by atoms with Gasteiger partial charge in [0, 0.05) is 72.1 Å². The molecule has 0 aromatic carbocycles. The molecule has 4 rings (SSSR count). The van der Waals surface area contributed by atoms with Crippen LogP contribution in [0.2, 0.25) is 0 Å². The monoisotopic (exact) mass is 425 g/mol. The van der Waals surface area contributed by atoms with E-state index in [0.717, 1.165) is 48.4 Å². The number of amides is 1. The second kappa shape index (κ2) is 7.81. The quantitative estimate of drug-likeness (QED) is 0.666. The van der Waals surface area contributed by atoms with E-state index in [-0.39, 0.29) is 17.3 Å². The summed E-state index contributed by atoms with van der Waals surface area (Å²) in [5, 5.41) is 9.40. The van der Waals surface area contributed by atoms with E-state index in [1.165, 1.54) is 4.88 Å². The van der Waals surface area contributed by atoms with Crippen LogP contribution < -0.4 is 11.1 Å². The number of nitrogens with two attached hydrogens (primary N) is 1. The minimum atomic E-state index is -0.0913. The number of carbonyl (C=O) groups is 1. The van der Waals surface area contributed by atoms with E-state index in [1.54, 1.807) is 23.7 Å². The fraction of sp³-hybridized carbons (Fsp3) is 0.429. The number of nitrogen functional groups attached to an aromatic ring is 1. The number of nitrogens with zero attached hydrogens (tertiary/aromatic N) is 5. The van der Waals surface area contributed by atoms with Crippen molar-refractivity contribution >= 4 is 29.0 Å². The molecule has 0 saturated heterocycles. The Bertz CT molecular complexity index is 1060. The third-order valence-electron chi connectivity index (χ3n) is 5.29. The van der Waals surface area contributed by atoms with E-state index in [9.17, 15) is 4.79 Å². The standard InChI is InChI=1S/C21H27N7OS/c1-21(2,3)17-7-18(26-27(17)4)25-19(29)15-12-30-16-11-28(6-5-14(15)16)10-13-8-23-20(22)24-9-13/h7-9,12H,5-6,10-11H2,1-4H3,(H2,22,23,24)(H,25,26,29).